The summed E-state index contributed by atoms with van der Waals surface area (Å²) >= 11 is 0. The number of benzene rings is 2. The Hall–Kier alpha value is -2.63. The summed E-state index contributed by atoms with van der Waals surface area (Å²) < 4.78 is 0. The van der Waals surface area contributed by atoms with Crippen molar-refractivity contribution in [3.8, 4) is 5.75 Å². The van der Waals surface area contributed by atoms with Gasteiger partial charge in [0, 0.05) is 38.9 Å². The van der Waals surface area contributed by atoms with Gasteiger partial charge in [0.1, 0.15) is 5.75 Å². The number of hydrogen-bond donors (Lipinski definition) is 2. The summed E-state index contributed by atoms with van der Waals surface area (Å²) in [7, 11) is 0. The summed E-state index contributed by atoms with van der Waals surface area (Å²) in [6, 6.07) is 20.3. The van der Waals surface area contributed by atoms with E-state index in [4.69, 9.17) is 0 Å². The summed E-state index contributed by atoms with van der Waals surface area (Å²) in [4.78, 5) is 5.04. The molecule has 1 fully saturated rings. The van der Waals surface area contributed by atoms with Gasteiger partial charge in [-0.1, -0.05) is 42.5 Å². The standard InChI is InChI=1S/C23H28N4O/c1-23(22-10-12-24-25-22,20-8-5-9-21(28)18-20)27-16-14-26(15-17-27)13-11-19-6-3-2-4-7-19/h2-10,12,18,28H,11,13-17H2,1H3,(H,24,25). The maximum atomic E-state index is 10.0. The smallest absolute Gasteiger partial charge is 0.115 e. The molecular weight excluding hydrogens is 348 g/mol. The summed E-state index contributed by atoms with van der Waals surface area (Å²) in [6.45, 7) is 7.32. The summed E-state index contributed by atoms with van der Waals surface area (Å²) in [6.07, 6.45) is 2.89. The van der Waals surface area contributed by atoms with Gasteiger partial charge in [0.2, 0.25) is 0 Å². The Bertz CT molecular complexity index is 873. The van der Waals surface area contributed by atoms with E-state index in [1.807, 2.05) is 18.2 Å². The lowest BCUT2D eigenvalue weighted by molar-refractivity contribution is 0.0605. The second kappa shape index (κ2) is 8.17. The van der Waals surface area contributed by atoms with Gasteiger partial charge in [0.15, 0.2) is 0 Å². The molecule has 4 rings (SSSR count). The number of phenolic OH excluding ortho intramolecular Hbond substituents is 1. The Kier molecular flexibility index (Phi) is 5.46. The fourth-order valence-corrected chi connectivity index (χ4v) is 4.19. The lowest BCUT2D eigenvalue weighted by atomic mass is 9.86. The molecule has 0 bridgehead atoms. The van der Waals surface area contributed by atoms with E-state index in [2.05, 4.69) is 63.3 Å². The van der Waals surface area contributed by atoms with Gasteiger partial charge in [0.25, 0.3) is 0 Å². The molecule has 3 aromatic rings. The Labute approximate surface area is 166 Å². The van der Waals surface area contributed by atoms with E-state index >= 15 is 0 Å². The van der Waals surface area contributed by atoms with Gasteiger partial charge in [-0.05, 0) is 42.7 Å². The first kappa shape index (κ1) is 18.7. The second-order valence-corrected chi connectivity index (χ2v) is 7.66. The number of piperazine rings is 1. The monoisotopic (exact) mass is 376 g/mol. The van der Waals surface area contributed by atoms with Gasteiger partial charge in [0.05, 0.1) is 11.2 Å². The number of nitrogens with one attached hydrogen (secondary N) is 1. The molecule has 2 heterocycles. The van der Waals surface area contributed by atoms with Crippen LogP contribution in [0.25, 0.3) is 0 Å². The Morgan fingerprint density at radius 3 is 2.46 bits per heavy atom. The van der Waals surface area contributed by atoms with Crippen LogP contribution in [0.1, 0.15) is 23.7 Å². The molecule has 1 aromatic heterocycles. The molecular formula is C23H28N4O. The lowest BCUT2D eigenvalue weighted by Gasteiger charge is -2.45. The number of aromatic amines is 1. The molecule has 1 aliphatic rings. The third kappa shape index (κ3) is 3.81. The highest BCUT2D eigenvalue weighted by atomic mass is 16.3. The predicted molar refractivity (Wildman–Crippen MR) is 111 cm³/mol. The van der Waals surface area contributed by atoms with Crippen LogP contribution in [0, 0.1) is 0 Å². The molecule has 1 aliphatic heterocycles. The summed E-state index contributed by atoms with van der Waals surface area (Å²) in [5.74, 6) is 0.296. The molecule has 0 amide bonds. The van der Waals surface area contributed by atoms with Crippen molar-refractivity contribution >= 4 is 0 Å². The van der Waals surface area contributed by atoms with E-state index in [-0.39, 0.29) is 5.54 Å². The molecule has 1 atom stereocenters. The Morgan fingerprint density at radius 1 is 1.00 bits per heavy atom. The minimum absolute atomic E-state index is 0.296. The number of hydrogen-bond acceptors (Lipinski definition) is 4. The van der Waals surface area contributed by atoms with Crippen molar-refractivity contribution in [2.24, 2.45) is 0 Å². The van der Waals surface area contributed by atoms with E-state index < -0.39 is 0 Å². The minimum atomic E-state index is -0.346. The van der Waals surface area contributed by atoms with Crippen LogP contribution in [0.2, 0.25) is 0 Å². The topological polar surface area (TPSA) is 55.4 Å². The average Bonchev–Trinajstić information content (AvgIpc) is 3.28. The van der Waals surface area contributed by atoms with Crippen molar-refractivity contribution in [1.29, 1.82) is 0 Å². The van der Waals surface area contributed by atoms with Gasteiger partial charge in [-0.3, -0.25) is 10.00 Å². The molecule has 146 valence electrons. The second-order valence-electron chi connectivity index (χ2n) is 7.66. The van der Waals surface area contributed by atoms with Gasteiger partial charge >= 0.3 is 0 Å². The van der Waals surface area contributed by atoms with Gasteiger partial charge < -0.3 is 10.0 Å². The molecule has 1 saturated heterocycles. The quantitative estimate of drug-likeness (QED) is 0.693. The Morgan fingerprint density at radius 2 is 1.79 bits per heavy atom. The number of phenols is 1. The fraction of sp³-hybridized carbons (Fsp3) is 0.348. The highest BCUT2D eigenvalue weighted by Gasteiger charge is 2.38. The maximum absolute atomic E-state index is 10.0. The van der Waals surface area contributed by atoms with Crippen LogP contribution in [-0.2, 0) is 12.0 Å². The molecule has 2 N–H and O–H groups in total. The van der Waals surface area contributed by atoms with Crippen LogP contribution >= 0.6 is 0 Å². The van der Waals surface area contributed by atoms with Crippen molar-refractivity contribution in [1.82, 2.24) is 20.0 Å². The van der Waals surface area contributed by atoms with Crippen molar-refractivity contribution in [2.75, 3.05) is 32.7 Å². The normalized spacial score (nSPS) is 18.0. The van der Waals surface area contributed by atoms with Crippen LogP contribution in [0.3, 0.4) is 0 Å². The number of aromatic nitrogens is 2. The third-order valence-electron chi connectivity index (χ3n) is 6.00. The summed E-state index contributed by atoms with van der Waals surface area (Å²) in [5, 5.41) is 17.4. The molecule has 0 aliphatic carbocycles. The average molecular weight is 377 g/mol. The van der Waals surface area contributed by atoms with Crippen LogP contribution < -0.4 is 0 Å². The molecule has 0 radical (unpaired) electrons. The van der Waals surface area contributed by atoms with E-state index in [9.17, 15) is 5.11 Å². The van der Waals surface area contributed by atoms with Crippen molar-refractivity contribution in [2.45, 2.75) is 18.9 Å². The number of rotatable bonds is 6. The first-order valence-electron chi connectivity index (χ1n) is 9.97. The first-order chi connectivity index (χ1) is 13.7. The van der Waals surface area contributed by atoms with Gasteiger partial charge in [-0.25, -0.2) is 0 Å². The number of aromatic hydroxyl groups is 1. The largest absolute Gasteiger partial charge is 0.508 e. The predicted octanol–water partition coefficient (Wildman–Crippen LogP) is 3.24. The molecule has 28 heavy (non-hydrogen) atoms. The maximum Gasteiger partial charge on any atom is 0.115 e. The van der Waals surface area contributed by atoms with Crippen LogP contribution in [0.15, 0.2) is 66.9 Å². The Balaban J connectivity index is 1.47. The molecule has 1 unspecified atom stereocenters. The van der Waals surface area contributed by atoms with E-state index in [1.54, 1.807) is 12.3 Å². The zero-order chi connectivity index (χ0) is 19.4. The van der Waals surface area contributed by atoms with Crippen LogP contribution in [-0.4, -0.2) is 57.8 Å². The number of H-pyrrole nitrogens is 1. The van der Waals surface area contributed by atoms with Crippen LogP contribution in [0.4, 0.5) is 0 Å². The summed E-state index contributed by atoms with van der Waals surface area (Å²) in [5.41, 5.74) is 3.18. The molecule has 5 heteroatoms. The van der Waals surface area contributed by atoms with Crippen LogP contribution in [0.5, 0.6) is 5.75 Å². The zero-order valence-electron chi connectivity index (χ0n) is 16.4. The highest BCUT2D eigenvalue weighted by molar-refractivity contribution is 5.38. The molecule has 0 saturated carbocycles. The molecule has 2 aromatic carbocycles. The SMILES string of the molecule is CC(c1cccc(O)c1)(c1ccn[nH]1)N1CCN(CCc2ccccc2)CC1. The van der Waals surface area contributed by atoms with Gasteiger partial charge in [-0.15, -0.1) is 0 Å². The fourth-order valence-electron chi connectivity index (χ4n) is 4.19. The molecule has 5 nitrogen and oxygen atoms in total. The van der Waals surface area contributed by atoms with E-state index in [0.717, 1.165) is 50.4 Å². The van der Waals surface area contributed by atoms with Crippen molar-refractivity contribution < 1.29 is 5.11 Å². The third-order valence-corrected chi connectivity index (χ3v) is 6.00. The highest BCUT2D eigenvalue weighted by Crippen LogP contribution is 2.36. The van der Waals surface area contributed by atoms with Gasteiger partial charge in [-0.2, -0.15) is 5.10 Å². The minimum Gasteiger partial charge on any atom is -0.508 e. The molecule has 0 spiro atoms. The number of nitrogens with zero attached hydrogens (tertiary/aromatic N) is 3. The zero-order valence-corrected chi connectivity index (χ0v) is 16.4. The first-order valence-corrected chi connectivity index (χ1v) is 9.97. The van der Waals surface area contributed by atoms with Crippen molar-refractivity contribution in [3.63, 3.8) is 0 Å². The van der Waals surface area contributed by atoms with Crippen molar-refractivity contribution in [3.05, 3.63) is 83.7 Å². The lowest BCUT2D eigenvalue weighted by Crippen LogP contribution is -2.55. The van der Waals surface area contributed by atoms with E-state index in [0.29, 0.717) is 5.75 Å². The van der Waals surface area contributed by atoms with E-state index in [1.165, 1.54) is 5.56 Å².